The number of hydrogen-bond acceptors (Lipinski definition) is 6. The molecule has 0 aliphatic heterocycles. The van der Waals surface area contributed by atoms with Crippen LogP contribution >= 0.6 is 12.4 Å². The normalized spacial score (nSPS) is 11.1. The summed E-state index contributed by atoms with van der Waals surface area (Å²) in [6, 6.07) is 2.51. The third-order valence-electron chi connectivity index (χ3n) is 3.04. The van der Waals surface area contributed by atoms with Crippen LogP contribution in [0.2, 0.25) is 0 Å². The van der Waals surface area contributed by atoms with Crippen molar-refractivity contribution in [1.82, 2.24) is 5.32 Å². The maximum Gasteiger partial charge on any atom is 0.286 e. The van der Waals surface area contributed by atoms with E-state index in [4.69, 9.17) is 15.2 Å². The Kier molecular flexibility index (Phi) is 8.97. The Morgan fingerprint density at radius 3 is 2.57 bits per heavy atom. The van der Waals surface area contributed by atoms with Gasteiger partial charge < -0.3 is 20.5 Å². The molecule has 0 aromatic heterocycles. The number of halogens is 1. The minimum absolute atomic E-state index is 0. The third-order valence-corrected chi connectivity index (χ3v) is 3.04. The van der Waals surface area contributed by atoms with Crippen LogP contribution in [0.3, 0.4) is 0 Å². The van der Waals surface area contributed by atoms with Gasteiger partial charge in [0.1, 0.15) is 5.56 Å². The maximum absolute atomic E-state index is 12.2. The summed E-state index contributed by atoms with van der Waals surface area (Å²) in [7, 11) is 1.38. The maximum atomic E-state index is 12.2. The second kappa shape index (κ2) is 9.86. The Morgan fingerprint density at radius 1 is 1.43 bits per heavy atom. The average Bonchev–Trinajstić information content (AvgIpc) is 2.51. The Labute approximate surface area is 140 Å². The van der Waals surface area contributed by atoms with Crippen molar-refractivity contribution in [3.63, 3.8) is 0 Å². The van der Waals surface area contributed by atoms with E-state index in [0.29, 0.717) is 19.7 Å². The first-order valence-electron chi connectivity index (χ1n) is 6.92. The molecule has 8 nitrogen and oxygen atoms in total. The lowest BCUT2D eigenvalue weighted by atomic mass is 10.1. The number of nitrogens with one attached hydrogen (secondary N) is 1. The fourth-order valence-corrected chi connectivity index (χ4v) is 1.76. The number of carbonyl (C=O) groups is 1. The molecule has 1 atom stereocenters. The topological polar surface area (TPSA) is 117 Å². The molecule has 1 rings (SSSR count). The predicted octanol–water partition coefficient (Wildman–Crippen LogP) is 1.75. The van der Waals surface area contributed by atoms with Crippen LogP contribution in [0.1, 0.15) is 24.2 Å². The minimum Gasteiger partial charge on any atom is -0.493 e. The van der Waals surface area contributed by atoms with Gasteiger partial charge in [0.15, 0.2) is 11.5 Å². The molecule has 3 N–H and O–H groups in total. The summed E-state index contributed by atoms with van der Waals surface area (Å²) < 4.78 is 10.4. The molecule has 1 unspecified atom stereocenters. The largest absolute Gasteiger partial charge is 0.493 e. The number of methoxy groups -OCH3 is 1. The number of nitrogens with zero attached hydrogens (tertiary/aromatic N) is 1. The third kappa shape index (κ3) is 5.57. The van der Waals surface area contributed by atoms with E-state index in [-0.39, 0.29) is 41.1 Å². The van der Waals surface area contributed by atoms with Crippen molar-refractivity contribution in [3.05, 3.63) is 27.8 Å². The number of nitro benzene ring substituents is 1. The molecule has 0 fully saturated rings. The molecule has 130 valence electrons. The lowest BCUT2D eigenvalue weighted by Gasteiger charge is -2.13. The van der Waals surface area contributed by atoms with Crippen molar-refractivity contribution in [2.24, 2.45) is 11.7 Å². The van der Waals surface area contributed by atoms with Crippen LogP contribution in [0, 0.1) is 16.0 Å². The molecular weight excluding hydrogens is 326 g/mol. The van der Waals surface area contributed by atoms with E-state index in [2.05, 4.69) is 5.32 Å². The highest BCUT2D eigenvalue weighted by atomic mass is 35.5. The molecule has 0 saturated heterocycles. The van der Waals surface area contributed by atoms with Crippen LogP contribution in [0.15, 0.2) is 12.1 Å². The molecule has 0 aliphatic carbocycles. The standard InChI is InChI=1S/C14H21N3O5.ClH/c1-4-22-13-5-10(14(18)16-8-9(2)7-15)11(17(19)20)6-12(13)21-3;/h5-6,9H,4,7-8,15H2,1-3H3,(H,16,18);1H. The van der Waals surface area contributed by atoms with Crippen LogP contribution in [-0.4, -0.2) is 37.6 Å². The van der Waals surface area contributed by atoms with Gasteiger partial charge in [0.25, 0.3) is 11.6 Å². The van der Waals surface area contributed by atoms with E-state index in [9.17, 15) is 14.9 Å². The number of nitrogens with two attached hydrogens (primary N) is 1. The minimum atomic E-state index is -0.625. The average molecular weight is 348 g/mol. The highest BCUT2D eigenvalue weighted by molar-refractivity contribution is 5.99. The summed E-state index contributed by atoms with van der Waals surface area (Å²) in [5, 5.41) is 13.8. The quantitative estimate of drug-likeness (QED) is 0.546. The number of hydrogen-bond donors (Lipinski definition) is 2. The van der Waals surface area contributed by atoms with Crippen molar-refractivity contribution >= 4 is 24.0 Å². The lowest BCUT2D eigenvalue weighted by Crippen LogP contribution is -2.31. The van der Waals surface area contributed by atoms with Crippen LogP contribution in [0.4, 0.5) is 5.69 Å². The monoisotopic (exact) mass is 347 g/mol. The molecule has 23 heavy (non-hydrogen) atoms. The molecule has 0 spiro atoms. The summed E-state index contributed by atoms with van der Waals surface area (Å²) in [5.41, 5.74) is 5.07. The van der Waals surface area contributed by atoms with E-state index >= 15 is 0 Å². The molecule has 1 amide bonds. The van der Waals surface area contributed by atoms with E-state index in [0.717, 1.165) is 0 Å². The van der Waals surface area contributed by atoms with Crippen LogP contribution in [-0.2, 0) is 0 Å². The molecule has 0 heterocycles. The molecule has 0 saturated carbocycles. The molecule has 0 radical (unpaired) electrons. The van der Waals surface area contributed by atoms with Crippen molar-refractivity contribution in [1.29, 1.82) is 0 Å². The van der Waals surface area contributed by atoms with E-state index in [1.54, 1.807) is 6.92 Å². The smallest absolute Gasteiger partial charge is 0.286 e. The highest BCUT2D eigenvalue weighted by Gasteiger charge is 2.24. The number of amides is 1. The van der Waals surface area contributed by atoms with Gasteiger partial charge in [0, 0.05) is 12.6 Å². The molecule has 1 aromatic rings. The first kappa shape index (κ1) is 20.9. The zero-order valence-corrected chi connectivity index (χ0v) is 14.1. The second-order valence-corrected chi connectivity index (χ2v) is 4.76. The SMILES string of the molecule is CCOc1cc(C(=O)NCC(C)CN)c([N+](=O)[O-])cc1OC.Cl. The summed E-state index contributed by atoms with van der Waals surface area (Å²) in [4.78, 5) is 22.7. The zero-order valence-electron chi connectivity index (χ0n) is 13.3. The van der Waals surface area contributed by atoms with Crippen molar-refractivity contribution in [2.75, 3.05) is 26.8 Å². The Balaban J connectivity index is 0.00000484. The van der Waals surface area contributed by atoms with Gasteiger partial charge in [-0.15, -0.1) is 12.4 Å². The summed E-state index contributed by atoms with van der Waals surface area (Å²) in [6.45, 7) is 4.73. The van der Waals surface area contributed by atoms with Crippen molar-refractivity contribution < 1.29 is 19.2 Å². The first-order chi connectivity index (χ1) is 10.4. The molecule has 1 aromatic carbocycles. The van der Waals surface area contributed by atoms with Gasteiger partial charge in [-0.25, -0.2) is 0 Å². The molecule has 0 aliphatic rings. The molecule has 0 bridgehead atoms. The highest BCUT2D eigenvalue weighted by Crippen LogP contribution is 2.34. The summed E-state index contributed by atoms with van der Waals surface area (Å²) >= 11 is 0. The van der Waals surface area contributed by atoms with Crippen molar-refractivity contribution in [2.45, 2.75) is 13.8 Å². The number of ether oxygens (including phenoxy) is 2. The fourth-order valence-electron chi connectivity index (χ4n) is 1.76. The van der Waals surface area contributed by atoms with Gasteiger partial charge in [-0.2, -0.15) is 0 Å². The second-order valence-electron chi connectivity index (χ2n) is 4.76. The van der Waals surface area contributed by atoms with E-state index in [1.165, 1.54) is 19.2 Å². The van der Waals surface area contributed by atoms with Crippen LogP contribution in [0.5, 0.6) is 11.5 Å². The van der Waals surface area contributed by atoms with Gasteiger partial charge in [-0.05, 0) is 19.4 Å². The first-order valence-corrected chi connectivity index (χ1v) is 6.92. The van der Waals surface area contributed by atoms with Crippen LogP contribution < -0.4 is 20.5 Å². The summed E-state index contributed by atoms with van der Waals surface area (Å²) in [5.74, 6) is 0.0243. The molecule has 9 heteroatoms. The van der Waals surface area contributed by atoms with Gasteiger partial charge in [0.2, 0.25) is 0 Å². The number of rotatable bonds is 8. The Bertz CT molecular complexity index is 553. The van der Waals surface area contributed by atoms with Gasteiger partial charge >= 0.3 is 0 Å². The molecular formula is C14H22ClN3O5. The van der Waals surface area contributed by atoms with Crippen molar-refractivity contribution in [3.8, 4) is 11.5 Å². The number of benzene rings is 1. The zero-order chi connectivity index (χ0) is 16.7. The Hall–Kier alpha value is -2.06. The van der Waals surface area contributed by atoms with E-state index < -0.39 is 10.8 Å². The fraction of sp³-hybridized carbons (Fsp3) is 0.500. The number of nitro groups is 1. The van der Waals surface area contributed by atoms with Gasteiger partial charge in [-0.1, -0.05) is 6.92 Å². The number of carbonyl (C=O) groups excluding carboxylic acids is 1. The van der Waals surface area contributed by atoms with Gasteiger partial charge in [-0.3, -0.25) is 14.9 Å². The summed E-state index contributed by atoms with van der Waals surface area (Å²) in [6.07, 6.45) is 0. The lowest BCUT2D eigenvalue weighted by molar-refractivity contribution is -0.385. The predicted molar refractivity (Wildman–Crippen MR) is 88.6 cm³/mol. The van der Waals surface area contributed by atoms with Gasteiger partial charge in [0.05, 0.1) is 24.7 Å². The van der Waals surface area contributed by atoms with E-state index in [1.807, 2.05) is 6.92 Å². The van der Waals surface area contributed by atoms with Crippen LogP contribution in [0.25, 0.3) is 0 Å². The Morgan fingerprint density at radius 2 is 2.09 bits per heavy atom.